The van der Waals surface area contributed by atoms with Crippen LogP contribution in [-0.2, 0) is 14.3 Å². The number of ketones is 1. The smallest absolute Gasteiger partial charge is 0.308 e. The van der Waals surface area contributed by atoms with E-state index in [9.17, 15) is 9.59 Å². The highest BCUT2D eigenvalue weighted by molar-refractivity contribution is 5.85. The summed E-state index contributed by atoms with van der Waals surface area (Å²) in [6.45, 7) is 5.35. The van der Waals surface area contributed by atoms with E-state index in [1.807, 2.05) is 13.8 Å². The molecule has 0 aromatic heterocycles. The lowest BCUT2D eigenvalue weighted by Crippen LogP contribution is -2.19. The van der Waals surface area contributed by atoms with E-state index >= 15 is 0 Å². The molecule has 0 heterocycles. The summed E-state index contributed by atoms with van der Waals surface area (Å²) < 4.78 is 4.50. The summed E-state index contributed by atoms with van der Waals surface area (Å²) in [5.41, 5.74) is 0. The Kier molecular flexibility index (Phi) is 4.55. The van der Waals surface area contributed by atoms with Gasteiger partial charge >= 0.3 is 5.97 Å². The van der Waals surface area contributed by atoms with Crippen LogP contribution in [0.3, 0.4) is 0 Å². The monoisotopic (exact) mass is 172 g/mol. The molecule has 0 aliphatic carbocycles. The Morgan fingerprint density at radius 1 is 1.25 bits per heavy atom. The fourth-order valence-corrected chi connectivity index (χ4v) is 0.822. The normalized spacial score (nSPS) is 12.8. The number of carbonyl (C=O) groups excluding carboxylic acids is 2. The lowest BCUT2D eigenvalue weighted by molar-refractivity contribution is -0.146. The fourth-order valence-electron chi connectivity index (χ4n) is 0.822. The average Bonchev–Trinajstić information content (AvgIpc) is 2.02. The van der Waals surface area contributed by atoms with E-state index in [0.717, 1.165) is 0 Å². The molecule has 0 aromatic carbocycles. The Labute approximate surface area is 73.1 Å². The van der Waals surface area contributed by atoms with Gasteiger partial charge in [-0.2, -0.15) is 0 Å². The van der Waals surface area contributed by atoms with Gasteiger partial charge in [-0.25, -0.2) is 0 Å². The van der Waals surface area contributed by atoms with E-state index < -0.39 is 0 Å². The molecule has 12 heavy (non-hydrogen) atoms. The first kappa shape index (κ1) is 11.1. The molecule has 0 fully saturated rings. The van der Waals surface area contributed by atoms with Crippen LogP contribution in [0.15, 0.2) is 0 Å². The van der Waals surface area contributed by atoms with Crippen molar-refractivity contribution in [3.63, 3.8) is 0 Å². The Morgan fingerprint density at radius 2 is 1.75 bits per heavy atom. The van der Waals surface area contributed by atoms with E-state index in [4.69, 9.17) is 0 Å². The summed E-state index contributed by atoms with van der Waals surface area (Å²) in [6, 6.07) is 0. The second-order valence-corrected chi connectivity index (χ2v) is 3.25. The van der Waals surface area contributed by atoms with Crippen LogP contribution in [0.1, 0.15) is 27.2 Å². The van der Waals surface area contributed by atoms with Crippen molar-refractivity contribution in [2.24, 2.45) is 11.8 Å². The predicted octanol–water partition coefficient (Wildman–Crippen LogP) is 1.41. The SMILES string of the molecule is COC(=O)[C@H](C)CC(=O)C(C)C. The third-order valence-corrected chi connectivity index (χ3v) is 1.75. The van der Waals surface area contributed by atoms with Crippen LogP contribution in [0.5, 0.6) is 0 Å². The van der Waals surface area contributed by atoms with Crippen molar-refractivity contribution in [2.45, 2.75) is 27.2 Å². The number of hydrogen-bond acceptors (Lipinski definition) is 3. The maximum absolute atomic E-state index is 11.2. The van der Waals surface area contributed by atoms with E-state index in [0.29, 0.717) is 0 Å². The average molecular weight is 172 g/mol. The minimum Gasteiger partial charge on any atom is -0.469 e. The van der Waals surface area contributed by atoms with Gasteiger partial charge < -0.3 is 4.74 Å². The molecular weight excluding hydrogens is 156 g/mol. The Hall–Kier alpha value is -0.860. The van der Waals surface area contributed by atoms with E-state index in [1.54, 1.807) is 6.92 Å². The van der Waals surface area contributed by atoms with Crippen molar-refractivity contribution >= 4 is 11.8 Å². The molecule has 0 unspecified atom stereocenters. The van der Waals surface area contributed by atoms with Gasteiger partial charge in [0.1, 0.15) is 5.78 Å². The van der Waals surface area contributed by atoms with Gasteiger partial charge in [0, 0.05) is 12.3 Å². The Bertz CT molecular complexity index is 173. The highest BCUT2D eigenvalue weighted by Crippen LogP contribution is 2.09. The van der Waals surface area contributed by atoms with Crippen molar-refractivity contribution < 1.29 is 14.3 Å². The minimum absolute atomic E-state index is 0.00268. The van der Waals surface area contributed by atoms with Crippen LogP contribution >= 0.6 is 0 Å². The molecule has 0 bridgehead atoms. The van der Waals surface area contributed by atoms with Gasteiger partial charge in [0.15, 0.2) is 0 Å². The molecule has 70 valence electrons. The molecule has 0 spiro atoms. The molecule has 0 N–H and O–H groups in total. The molecule has 0 saturated heterocycles. The quantitative estimate of drug-likeness (QED) is 0.602. The van der Waals surface area contributed by atoms with E-state index in [-0.39, 0.29) is 30.0 Å². The first-order valence-corrected chi connectivity index (χ1v) is 4.09. The van der Waals surface area contributed by atoms with Crippen LogP contribution < -0.4 is 0 Å². The maximum Gasteiger partial charge on any atom is 0.308 e. The molecule has 0 amide bonds. The first-order chi connectivity index (χ1) is 5.49. The largest absolute Gasteiger partial charge is 0.469 e. The zero-order valence-electron chi connectivity index (χ0n) is 8.09. The summed E-state index contributed by atoms with van der Waals surface area (Å²) in [6.07, 6.45) is 0.282. The van der Waals surface area contributed by atoms with Gasteiger partial charge in [-0.1, -0.05) is 20.8 Å². The molecule has 3 nitrogen and oxygen atoms in total. The first-order valence-electron chi connectivity index (χ1n) is 4.09. The maximum atomic E-state index is 11.2. The minimum atomic E-state index is -0.316. The lowest BCUT2D eigenvalue weighted by atomic mass is 9.98. The van der Waals surface area contributed by atoms with Crippen LogP contribution in [0.4, 0.5) is 0 Å². The van der Waals surface area contributed by atoms with E-state index in [1.165, 1.54) is 7.11 Å². The molecule has 3 heteroatoms. The van der Waals surface area contributed by atoms with Crippen molar-refractivity contribution in [3.05, 3.63) is 0 Å². The molecule has 0 rings (SSSR count). The third-order valence-electron chi connectivity index (χ3n) is 1.75. The molecular formula is C9H16O3. The molecule has 0 aliphatic heterocycles. The third kappa shape index (κ3) is 3.51. The Balaban J connectivity index is 3.92. The zero-order valence-corrected chi connectivity index (χ0v) is 8.09. The van der Waals surface area contributed by atoms with Gasteiger partial charge in [0.25, 0.3) is 0 Å². The summed E-state index contributed by atoms with van der Waals surface area (Å²) >= 11 is 0. The van der Waals surface area contributed by atoms with Crippen LogP contribution in [0.25, 0.3) is 0 Å². The van der Waals surface area contributed by atoms with Crippen LogP contribution in [0.2, 0.25) is 0 Å². The highest BCUT2D eigenvalue weighted by Gasteiger charge is 2.18. The standard InChI is InChI=1S/C9H16O3/c1-6(2)8(10)5-7(3)9(11)12-4/h6-7H,5H2,1-4H3/t7-/m1/s1. The number of esters is 1. The van der Waals surface area contributed by atoms with Crippen molar-refractivity contribution in [1.29, 1.82) is 0 Å². The van der Waals surface area contributed by atoms with Gasteiger partial charge in [-0.3, -0.25) is 9.59 Å². The topological polar surface area (TPSA) is 43.4 Å². The number of ether oxygens (including phenoxy) is 1. The number of hydrogen-bond donors (Lipinski definition) is 0. The number of carbonyl (C=O) groups is 2. The highest BCUT2D eigenvalue weighted by atomic mass is 16.5. The van der Waals surface area contributed by atoms with Crippen LogP contribution in [-0.4, -0.2) is 18.9 Å². The van der Waals surface area contributed by atoms with E-state index in [2.05, 4.69) is 4.74 Å². The molecule has 0 aliphatic rings. The fraction of sp³-hybridized carbons (Fsp3) is 0.778. The van der Waals surface area contributed by atoms with Gasteiger partial charge in [-0.05, 0) is 0 Å². The summed E-state index contributed by atoms with van der Waals surface area (Å²) in [7, 11) is 1.33. The summed E-state index contributed by atoms with van der Waals surface area (Å²) in [5.74, 6) is -0.529. The van der Waals surface area contributed by atoms with Crippen LogP contribution in [0, 0.1) is 11.8 Å². The van der Waals surface area contributed by atoms with Crippen molar-refractivity contribution in [2.75, 3.05) is 7.11 Å². The lowest BCUT2D eigenvalue weighted by Gasteiger charge is -2.09. The molecule has 0 aromatic rings. The number of Topliss-reactive ketones (excluding diaryl/α,β-unsaturated/α-hetero) is 1. The zero-order chi connectivity index (χ0) is 9.72. The second-order valence-electron chi connectivity index (χ2n) is 3.25. The summed E-state index contributed by atoms with van der Waals surface area (Å²) in [5, 5.41) is 0. The van der Waals surface area contributed by atoms with Gasteiger partial charge in [-0.15, -0.1) is 0 Å². The second kappa shape index (κ2) is 4.91. The van der Waals surface area contributed by atoms with Crippen molar-refractivity contribution in [1.82, 2.24) is 0 Å². The van der Waals surface area contributed by atoms with Crippen molar-refractivity contribution in [3.8, 4) is 0 Å². The predicted molar refractivity (Wildman–Crippen MR) is 45.6 cm³/mol. The summed E-state index contributed by atoms with van der Waals surface area (Å²) in [4.78, 5) is 22.1. The number of methoxy groups -OCH3 is 1. The Morgan fingerprint density at radius 3 is 2.08 bits per heavy atom. The molecule has 0 radical (unpaired) electrons. The number of rotatable bonds is 4. The van der Waals surface area contributed by atoms with Gasteiger partial charge in [0.2, 0.25) is 0 Å². The molecule has 1 atom stereocenters. The van der Waals surface area contributed by atoms with Gasteiger partial charge in [0.05, 0.1) is 13.0 Å². The molecule has 0 saturated carbocycles.